The second-order valence-electron chi connectivity index (χ2n) is 5.31. The number of rotatable bonds is 4. The van der Waals surface area contributed by atoms with Gasteiger partial charge < -0.3 is 10.3 Å². The van der Waals surface area contributed by atoms with E-state index < -0.39 is 0 Å². The van der Waals surface area contributed by atoms with E-state index in [0.29, 0.717) is 21.9 Å². The van der Waals surface area contributed by atoms with Gasteiger partial charge in [-0.2, -0.15) is 0 Å². The van der Waals surface area contributed by atoms with Gasteiger partial charge in [0.15, 0.2) is 5.16 Å². The van der Waals surface area contributed by atoms with Crippen LogP contribution < -0.4 is 10.9 Å². The van der Waals surface area contributed by atoms with E-state index in [9.17, 15) is 14.0 Å². The zero-order valence-corrected chi connectivity index (χ0v) is 13.9. The van der Waals surface area contributed by atoms with Crippen molar-refractivity contribution in [2.24, 2.45) is 7.05 Å². The molecular formula is C16H15FN4O2S. The molecule has 1 amide bonds. The van der Waals surface area contributed by atoms with Crippen LogP contribution in [-0.2, 0) is 11.8 Å². The summed E-state index contributed by atoms with van der Waals surface area (Å²) in [6.07, 6.45) is 0. The molecule has 0 aliphatic carbocycles. The lowest BCUT2D eigenvalue weighted by atomic mass is 10.3. The van der Waals surface area contributed by atoms with E-state index in [2.05, 4.69) is 15.3 Å². The lowest BCUT2D eigenvalue weighted by Gasteiger charge is -2.08. The maximum atomic E-state index is 12.8. The average molecular weight is 346 g/mol. The summed E-state index contributed by atoms with van der Waals surface area (Å²) in [6.45, 7) is 1.85. The molecule has 124 valence electrons. The van der Waals surface area contributed by atoms with Crippen LogP contribution in [0.3, 0.4) is 0 Å². The van der Waals surface area contributed by atoms with Gasteiger partial charge in [0.05, 0.1) is 11.3 Å². The molecule has 0 fully saturated rings. The number of carbonyl (C=O) groups is 1. The van der Waals surface area contributed by atoms with Gasteiger partial charge in [0.2, 0.25) is 5.91 Å². The van der Waals surface area contributed by atoms with Crippen LogP contribution in [0.5, 0.6) is 0 Å². The number of fused-ring (bicyclic) bond motifs is 1. The van der Waals surface area contributed by atoms with Gasteiger partial charge in [-0.1, -0.05) is 11.8 Å². The first-order valence-corrected chi connectivity index (χ1v) is 8.17. The Morgan fingerprint density at radius 2 is 2.08 bits per heavy atom. The van der Waals surface area contributed by atoms with Gasteiger partial charge in [-0.25, -0.2) is 9.37 Å². The molecule has 0 aliphatic heterocycles. The number of anilines is 1. The van der Waals surface area contributed by atoms with Gasteiger partial charge in [-0.3, -0.25) is 14.2 Å². The third-order valence-electron chi connectivity index (χ3n) is 3.41. The van der Waals surface area contributed by atoms with Crippen LogP contribution in [-0.4, -0.2) is 26.2 Å². The minimum absolute atomic E-state index is 0.0898. The minimum atomic E-state index is -0.364. The Morgan fingerprint density at radius 3 is 2.79 bits per heavy atom. The molecule has 6 nitrogen and oxygen atoms in total. The smallest absolute Gasteiger partial charge is 0.278 e. The predicted octanol–water partition coefficient (Wildman–Crippen LogP) is 2.44. The standard InChI is InChI=1S/C16H15FN4O2S/c1-9-7-12-14(18-9)15(23)21(2)16(20-12)24-8-13(22)19-11-5-3-10(17)4-6-11/h3-7,18H,8H2,1-2H3,(H,19,22). The summed E-state index contributed by atoms with van der Waals surface area (Å²) >= 11 is 1.17. The van der Waals surface area contributed by atoms with Crippen molar-refractivity contribution in [1.82, 2.24) is 14.5 Å². The number of benzene rings is 1. The molecule has 0 atom stereocenters. The number of H-pyrrole nitrogens is 1. The van der Waals surface area contributed by atoms with Crippen LogP contribution in [0, 0.1) is 12.7 Å². The molecule has 0 saturated carbocycles. The Balaban J connectivity index is 1.73. The zero-order chi connectivity index (χ0) is 17.3. The van der Waals surface area contributed by atoms with Crippen LogP contribution in [0.1, 0.15) is 5.69 Å². The Morgan fingerprint density at radius 1 is 1.38 bits per heavy atom. The van der Waals surface area contributed by atoms with Crippen molar-refractivity contribution in [3.05, 3.63) is 52.2 Å². The molecule has 0 saturated heterocycles. The van der Waals surface area contributed by atoms with Crippen LogP contribution in [0.4, 0.5) is 10.1 Å². The summed E-state index contributed by atoms with van der Waals surface area (Å²) in [6, 6.07) is 7.31. The fraction of sp³-hybridized carbons (Fsp3) is 0.188. The van der Waals surface area contributed by atoms with Gasteiger partial charge in [-0.05, 0) is 37.3 Å². The molecule has 2 aromatic heterocycles. The first-order valence-electron chi connectivity index (χ1n) is 7.18. The number of carbonyl (C=O) groups excluding carboxylic acids is 1. The van der Waals surface area contributed by atoms with E-state index in [-0.39, 0.29) is 23.0 Å². The summed E-state index contributed by atoms with van der Waals surface area (Å²) in [7, 11) is 1.62. The predicted molar refractivity (Wildman–Crippen MR) is 91.8 cm³/mol. The maximum Gasteiger partial charge on any atom is 0.278 e. The van der Waals surface area contributed by atoms with Crippen molar-refractivity contribution >= 4 is 34.4 Å². The van der Waals surface area contributed by atoms with Crippen LogP contribution in [0.2, 0.25) is 0 Å². The highest BCUT2D eigenvalue weighted by molar-refractivity contribution is 7.99. The first-order chi connectivity index (χ1) is 11.4. The van der Waals surface area contributed by atoms with Gasteiger partial charge in [-0.15, -0.1) is 0 Å². The molecular weight excluding hydrogens is 331 g/mol. The summed E-state index contributed by atoms with van der Waals surface area (Å²) in [5, 5.41) is 3.13. The molecule has 2 heterocycles. The number of nitrogens with one attached hydrogen (secondary N) is 2. The fourth-order valence-corrected chi connectivity index (χ4v) is 3.02. The molecule has 0 spiro atoms. The average Bonchev–Trinajstić information content (AvgIpc) is 2.92. The first kappa shape index (κ1) is 16.3. The fourth-order valence-electron chi connectivity index (χ4n) is 2.25. The Hall–Kier alpha value is -2.61. The topological polar surface area (TPSA) is 79.8 Å². The summed E-state index contributed by atoms with van der Waals surface area (Å²) in [5.74, 6) is -0.532. The van der Waals surface area contributed by atoms with E-state index in [1.165, 1.54) is 40.6 Å². The van der Waals surface area contributed by atoms with Crippen molar-refractivity contribution in [3.63, 3.8) is 0 Å². The monoisotopic (exact) mass is 346 g/mol. The van der Waals surface area contributed by atoms with Crippen LogP contribution >= 0.6 is 11.8 Å². The number of hydrogen-bond donors (Lipinski definition) is 2. The molecule has 1 aromatic carbocycles. The highest BCUT2D eigenvalue weighted by Gasteiger charge is 2.12. The van der Waals surface area contributed by atoms with Crippen molar-refractivity contribution in [3.8, 4) is 0 Å². The molecule has 3 rings (SSSR count). The number of aryl methyl sites for hydroxylation is 1. The lowest BCUT2D eigenvalue weighted by molar-refractivity contribution is -0.113. The summed E-state index contributed by atoms with van der Waals surface area (Å²) in [5.41, 5.74) is 2.22. The van der Waals surface area contributed by atoms with E-state index in [1.54, 1.807) is 13.1 Å². The van der Waals surface area contributed by atoms with Crippen LogP contribution in [0.25, 0.3) is 11.0 Å². The van der Waals surface area contributed by atoms with Crippen molar-refractivity contribution < 1.29 is 9.18 Å². The molecule has 0 aliphatic rings. The Kier molecular flexibility index (Phi) is 4.39. The van der Waals surface area contributed by atoms with Gasteiger partial charge >= 0.3 is 0 Å². The number of thioether (sulfide) groups is 1. The second-order valence-corrected chi connectivity index (χ2v) is 6.26. The van der Waals surface area contributed by atoms with Crippen LogP contribution in [0.15, 0.2) is 40.3 Å². The van der Waals surface area contributed by atoms with E-state index in [1.807, 2.05) is 6.92 Å². The minimum Gasteiger partial charge on any atom is -0.353 e. The quantitative estimate of drug-likeness (QED) is 0.562. The van der Waals surface area contributed by atoms with Crippen molar-refractivity contribution in [2.75, 3.05) is 11.1 Å². The van der Waals surface area contributed by atoms with Gasteiger partial charge in [0, 0.05) is 18.4 Å². The molecule has 0 radical (unpaired) electrons. The molecule has 0 unspecified atom stereocenters. The second kappa shape index (κ2) is 6.48. The SMILES string of the molecule is Cc1cc2nc(SCC(=O)Nc3ccc(F)cc3)n(C)c(=O)c2[nH]1. The van der Waals surface area contributed by atoms with E-state index >= 15 is 0 Å². The van der Waals surface area contributed by atoms with E-state index in [0.717, 1.165) is 5.69 Å². The third-order valence-corrected chi connectivity index (χ3v) is 4.44. The summed E-state index contributed by atoms with van der Waals surface area (Å²) in [4.78, 5) is 31.7. The third kappa shape index (κ3) is 3.33. The normalized spacial score (nSPS) is 11.0. The Labute approximate surface area is 141 Å². The highest BCUT2D eigenvalue weighted by Crippen LogP contribution is 2.18. The maximum absolute atomic E-state index is 12.8. The Bertz CT molecular complexity index is 963. The number of nitrogens with zero attached hydrogens (tertiary/aromatic N) is 2. The molecule has 8 heteroatoms. The number of aromatic amines is 1. The van der Waals surface area contributed by atoms with E-state index in [4.69, 9.17) is 0 Å². The molecule has 2 N–H and O–H groups in total. The highest BCUT2D eigenvalue weighted by atomic mass is 32.2. The lowest BCUT2D eigenvalue weighted by Crippen LogP contribution is -2.21. The molecule has 0 bridgehead atoms. The number of aromatic nitrogens is 3. The van der Waals surface area contributed by atoms with Gasteiger partial charge in [0.25, 0.3) is 5.56 Å². The number of amides is 1. The zero-order valence-electron chi connectivity index (χ0n) is 13.1. The molecule has 3 aromatic rings. The molecule has 24 heavy (non-hydrogen) atoms. The van der Waals surface area contributed by atoms with Crippen molar-refractivity contribution in [1.29, 1.82) is 0 Å². The van der Waals surface area contributed by atoms with Crippen molar-refractivity contribution in [2.45, 2.75) is 12.1 Å². The largest absolute Gasteiger partial charge is 0.353 e. The number of halogens is 1. The summed E-state index contributed by atoms with van der Waals surface area (Å²) < 4.78 is 14.3. The van der Waals surface area contributed by atoms with Gasteiger partial charge in [0.1, 0.15) is 11.3 Å². The number of hydrogen-bond acceptors (Lipinski definition) is 4.